The lowest BCUT2D eigenvalue weighted by atomic mass is 9.86. The predicted molar refractivity (Wildman–Crippen MR) is 219 cm³/mol. The molecule has 0 N–H and O–H groups in total. The molecule has 0 spiro atoms. The van der Waals surface area contributed by atoms with Gasteiger partial charge in [0.1, 0.15) is 0 Å². The third kappa shape index (κ3) is 6.16. The topological polar surface area (TPSA) is 0 Å². The Balaban J connectivity index is 1.52. The van der Waals surface area contributed by atoms with Gasteiger partial charge in [-0.2, -0.15) is 0 Å². The van der Waals surface area contributed by atoms with E-state index in [2.05, 4.69) is 180 Å². The maximum Gasteiger partial charge on any atom is 0.0777 e. The highest BCUT2D eigenvalue weighted by atomic mass is 28.3. The maximum absolute atomic E-state index is 2.63. The van der Waals surface area contributed by atoms with Crippen LogP contribution in [0.4, 0.5) is 0 Å². The second kappa shape index (κ2) is 13.0. The van der Waals surface area contributed by atoms with E-state index in [0.717, 1.165) is 0 Å². The molecular weight excluding hydrogens is 605 g/mol. The molecule has 0 aliphatic heterocycles. The first-order valence-corrected chi connectivity index (χ1v) is 21.6. The van der Waals surface area contributed by atoms with Gasteiger partial charge in [-0.25, -0.2) is 0 Å². The molecule has 2 aliphatic rings. The zero-order valence-electron chi connectivity index (χ0n) is 32.5. The third-order valence-electron chi connectivity index (χ3n) is 12.1. The zero-order chi connectivity index (χ0) is 35.5. The lowest BCUT2D eigenvalue weighted by molar-refractivity contribution is 0.590. The quantitative estimate of drug-likeness (QED) is 0.164. The Morgan fingerprint density at radius 1 is 0.510 bits per heavy atom. The molecule has 2 unspecified atom stereocenters. The molecule has 0 aromatic heterocycles. The Bertz CT molecular complexity index is 1740. The van der Waals surface area contributed by atoms with Crippen molar-refractivity contribution in [2.75, 3.05) is 0 Å². The fourth-order valence-electron chi connectivity index (χ4n) is 9.17. The van der Waals surface area contributed by atoms with Crippen molar-refractivity contribution in [1.29, 1.82) is 0 Å². The Kier molecular flexibility index (Phi) is 9.42. The van der Waals surface area contributed by atoms with E-state index in [1.807, 2.05) is 0 Å². The molecule has 1 heteroatoms. The lowest BCUT2D eigenvalue weighted by Gasteiger charge is -2.46. The molecule has 49 heavy (non-hydrogen) atoms. The molecule has 0 saturated heterocycles. The second-order valence-corrected chi connectivity index (χ2v) is 22.7. The number of hydrogen-bond donors (Lipinski definition) is 0. The Morgan fingerprint density at radius 2 is 0.857 bits per heavy atom. The van der Waals surface area contributed by atoms with Gasteiger partial charge in [-0.05, 0) is 78.3 Å². The number of allylic oxidation sites excluding steroid dienone is 2. The normalized spacial score (nSPS) is 17.8. The van der Waals surface area contributed by atoms with Crippen molar-refractivity contribution in [3.05, 3.63) is 129 Å². The number of fused-ring (bicyclic) bond motifs is 2. The molecule has 2 aliphatic carbocycles. The first-order valence-electron chi connectivity index (χ1n) is 19.0. The van der Waals surface area contributed by atoms with Crippen molar-refractivity contribution in [3.63, 3.8) is 0 Å². The molecule has 0 nitrogen and oxygen atoms in total. The number of hydrogen-bond acceptors (Lipinski definition) is 0. The minimum absolute atomic E-state index is 0.148. The van der Waals surface area contributed by atoms with Gasteiger partial charge in [-0.3, -0.25) is 0 Å². The highest BCUT2D eigenvalue weighted by Crippen LogP contribution is 2.59. The van der Waals surface area contributed by atoms with E-state index in [0.29, 0.717) is 22.9 Å². The summed E-state index contributed by atoms with van der Waals surface area (Å²) in [5.41, 5.74) is 19.0. The van der Waals surface area contributed by atoms with Crippen molar-refractivity contribution in [3.8, 4) is 22.3 Å². The van der Waals surface area contributed by atoms with Gasteiger partial charge in [0.2, 0.25) is 0 Å². The van der Waals surface area contributed by atoms with Crippen molar-refractivity contribution in [2.24, 2.45) is 11.8 Å². The number of benzene rings is 4. The highest BCUT2D eigenvalue weighted by molar-refractivity contribution is 6.84. The summed E-state index contributed by atoms with van der Waals surface area (Å²) >= 11 is 0. The Hall–Kier alpha value is -3.42. The molecule has 0 amide bonds. The highest BCUT2D eigenvalue weighted by Gasteiger charge is 2.53. The van der Waals surface area contributed by atoms with Crippen molar-refractivity contribution in [2.45, 2.75) is 117 Å². The predicted octanol–water partition coefficient (Wildman–Crippen LogP) is 14.2. The van der Waals surface area contributed by atoms with Crippen LogP contribution < -0.4 is 0 Å². The molecule has 0 bridgehead atoms. The average Bonchev–Trinajstić information content (AvgIpc) is 3.66. The fraction of sp³-hybridized carbons (Fsp3) is 0.417. The van der Waals surface area contributed by atoms with Crippen LogP contribution in [0.15, 0.2) is 96.1 Å². The van der Waals surface area contributed by atoms with Crippen LogP contribution in [-0.2, 0) is 10.8 Å². The van der Waals surface area contributed by atoms with E-state index in [9.17, 15) is 0 Å². The van der Waals surface area contributed by atoms with E-state index in [4.69, 9.17) is 0 Å². The van der Waals surface area contributed by atoms with Crippen LogP contribution in [0.25, 0.3) is 34.4 Å². The molecule has 4 aromatic carbocycles. The molecule has 0 heterocycles. The first kappa shape index (κ1) is 35.4. The van der Waals surface area contributed by atoms with E-state index in [1.54, 1.807) is 22.3 Å². The van der Waals surface area contributed by atoms with Crippen molar-refractivity contribution in [1.82, 2.24) is 0 Å². The van der Waals surface area contributed by atoms with Crippen molar-refractivity contribution < 1.29 is 0 Å². The van der Waals surface area contributed by atoms with Crippen LogP contribution in [-0.4, -0.2) is 8.07 Å². The third-order valence-corrected chi connectivity index (χ3v) is 18.3. The lowest BCUT2D eigenvalue weighted by Crippen LogP contribution is -2.48. The van der Waals surface area contributed by atoms with Gasteiger partial charge in [-0.15, -0.1) is 0 Å². The smallest absolute Gasteiger partial charge is 0.0677 e. The average molecular weight is 665 g/mol. The standard InChI is InChI=1S/C48H60Si/c1-13-49(14-2,45-39-19-15-17-37(43(39)29-41(45)31(3)4)33-21-25-35(26-22-33)47(7,8)9)46-40-20-16-18-38(44(40)30-42(46)32(5)6)34-23-27-36(28-24-34)48(10,11)12/h15-32,45-46H,13-14H2,1-12H3. The summed E-state index contributed by atoms with van der Waals surface area (Å²) in [6.07, 6.45) is 5.26. The van der Waals surface area contributed by atoms with Crippen LogP contribution in [0.2, 0.25) is 12.1 Å². The minimum Gasteiger partial charge on any atom is -0.0677 e. The molecule has 6 rings (SSSR count). The first-order chi connectivity index (χ1) is 23.1. The van der Waals surface area contributed by atoms with E-state index >= 15 is 0 Å². The molecule has 0 radical (unpaired) electrons. The summed E-state index contributed by atoms with van der Waals surface area (Å²) in [6, 6.07) is 35.8. The maximum atomic E-state index is 2.63. The second-order valence-electron chi connectivity index (χ2n) is 17.7. The van der Waals surface area contributed by atoms with Gasteiger partial charge in [-0.1, -0.05) is 203 Å². The van der Waals surface area contributed by atoms with Gasteiger partial charge in [0.15, 0.2) is 0 Å². The van der Waals surface area contributed by atoms with Crippen LogP contribution in [0.1, 0.15) is 128 Å². The largest absolute Gasteiger partial charge is 0.0777 e. The number of rotatable bonds is 8. The molecule has 0 saturated carbocycles. The Morgan fingerprint density at radius 3 is 1.14 bits per heavy atom. The van der Waals surface area contributed by atoms with Crippen molar-refractivity contribution >= 4 is 20.2 Å². The summed E-state index contributed by atoms with van der Waals surface area (Å²) in [4.78, 5) is 0. The van der Waals surface area contributed by atoms with Crippen LogP contribution in [0, 0.1) is 11.8 Å². The van der Waals surface area contributed by atoms with E-state index in [-0.39, 0.29) is 10.8 Å². The molecule has 0 fully saturated rings. The SMILES string of the molecule is CC[Si](CC)(C1C(C(C)C)=Cc2c(-c3ccc(C(C)(C)C)cc3)cccc21)C1C(C(C)C)=Cc2c(-c3ccc(C(C)(C)C)cc3)cccc21. The Labute approximate surface area is 299 Å². The van der Waals surface area contributed by atoms with Crippen LogP contribution >= 0.6 is 0 Å². The van der Waals surface area contributed by atoms with Crippen LogP contribution in [0.3, 0.4) is 0 Å². The summed E-state index contributed by atoms with van der Waals surface area (Å²) in [5.74, 6) is 0.997. The van der Waals surface area contributed by atoms with E-state index in [1.165, 1.54) is 56.6 Å². The monoisotopic (exact) mass is 664 g/mol. The molecule has 256 valence electrons. The van der Waals surface area contributed by atoms with Gasteiger partial charge in [0.05, 0.1) is 8.07 Å². The fourth-order valence-corrected chi connectivity index (χ4v) is 15.5. The summed E-state index contributed by atoms with van der Waals surface area (Å²) in [7, 11) is -2.08. The molecule has 4 aromatic rings. The van der Waals surface area contributed by atoms with Crippen LogP contribution in [0.5, 0.6) is 0 Å². The molecular formula is C48H60Si. The van der Waals surface area contributed by atoms with Gasteiger partial charge >= 0.3 is 0 Å². The zero-order valence-corrected chi connectivity index (χ0v) is 33.5. The van der Waals surface area contributed by atoms with E-state index < -0.39 is 8.07 Å². The minimum atomic E-state index is -2.08. The summed E-state index contributed by atoms with van der Waals surface area (Å²) in [5, 5.41) is 0. The molecule has 2 atom stereocenters. The van der Waals surface area contributed by atoms with Gasteiger partial charge < -0.3 is 0 Å². The van der Waals surface area contributed by atoms with Gasteiger partial charge in [0.25, 0.3) is 0 Å². The summed E-state index contributed by atoms with van der Waals surface area (Å²) < 4.78 is 0. The van der Waals surface area contributed by atoms with Gasteiger partial charge in [0, 0.05) is 11.1 Å². The summed E-state index contributed by atoms with van der Waals surface area (Å²) in [6.45, 7) is 28.6.